The van der Waals surface area contributed by atoms with Gasteiger partial charge < -0.3 is 31.2 Å². The minimum Gasteiger partial charge on any atom is -0.461 e. The fraction of sp³-hybridized carbons (Fsp3) is 0.600. The maximum atomic E-state index is 8.50. The minimum atomic E-state index is -0.631. The summed E-state index contributed by atoms with van der Waals surface area (Å²) in [6.07, 6.45) is -1.26. The summed E-state index contributed by atoms with van der Waals surface area (Å²) in [6, 6.07) is 7.63. The summed E-state index contributed by atoms with van der Waals surface area (Å²) < 4.78 is 12.0. The van der Waals surface area contributed by atoms with Crippen molar-refractivity contribution in [2.75, 3.05) is 0 Å². The first kappa shape index (κ1) is 32.6. The van der Waals surface area contributed by atoms with Crippen molar-refractivity contribution >= 4 is 34.6 Å². The molecule has 0 saturated carbocycles. The molecule has 0 aliphatic carbocycles. The third-order valence-corrected chi connectivity index (χ3v) is 5.46. The molecule has 0 amide bonds. The number of hydrazone groups is 4. The number of benzene rings is 1. The third kappa shape index (κ3) is 9.02. The molecule has 6 N–H and O–H groups in total. The molecule has 42 heavy (non-hydrogen) atoms. The second-order valence-electron chi connectivity index (χ2n) is 14.7. The maximum Gasteiger partial charge on any atom is 0.237 e. The van der Waals surface area contributed by atoms with Crippen LogP contribution >= 0.6 is 0 Å². The Kier molecular flexibility index (Phi) is 9.09. The Balaban J connectivity index is 1.98. The quantitative estimate of drug-likeness (QED) is 0.266. The van der Waals surface area contributed by atoms with Crippen molar-refractivity contribution in [3.05, 3.63) is 35.4 Å². The van der Waals surface area contributed by atoms with E-state index >= 15 is 0 Å². The molecule has 2 heterocycles. The number of hydrogen-bond donors (Lipinski definition) is 6. The first-order chi connectivity index (χ1) is 19.1. The van der Waals surface area contributed by atoms with Crippen molar-refractivity contribution in [1.82, 2.24) is 21.7 Å². The van der Waals surface area contributed by atoms with Crippen LogP contribution < -0.4 is 21.7 Å². The molecule has 0 unspecified atom stereocenters. The molecule has 230 valence electrons. The van der Waals surface area contributed by atoms with Gasteiger partial charge in [0.05, 0.1) is 0 Å². The lowest BCUT2D eigenvalue weighted by Crippen LogP contribution is -2.36. The number of nitrogens with zero attached hydrogens (tertiary/aromatic N) is 4. The Labute approximate surface area is 249 Å². The molecule has 2 atom stereocenters. The third-order valence-electron chi connectivity index (χ3n) is 5.46. The van der Waals surface area contributed by atoms with Crippen LogP contribution in [0.15, 0.2) is 44.7 Å². The average Bonchev–Trinajstić information content (AvgIpc) is 3.32. The Morgan fingerprint density at radius 1 is 0.500 bits per heavy atom. The fourth-order valence-corrected chi connectivity index (χ4v) is 3.58. The zero-order valence-corrected chi connectivity index (χ0v) is 27.1. The van der Waals surface area contributed by atoms with E-state index in [1.807, 2.05) is 107 Å². The van der Waals surface area contributed by atoms with Gasteiger partial charge in [-0.05, 0) is 94.2 Å². The molecule has 2 aliphatic heterocycles. The molecule has 0 bridgehead atoms. The van der Waals surface area contributed by atoms with Gasteiger partial charge in [-0.1, -0.05) is 24.3 Å². The Morgan fingerprint density at radius 2 is 0.762 bits per heavy atom. The van der Waals surface area contributed by atoms with E-state index in [0.717, 1.165) is 11.1 Å². The van der Waals surface area contributed by atoms with Gasteiger partial charge in [-0.15, -0.1) is 0 Å². The smallest absolute Gasteiger partial charge is 0.237 e. The van der Waals surface area contributed by atoms with E-state index in [9.17, 15) is 0 Å². The van der Waals surface area contributed by atoms with Gasteiger partial charge in [0.1, 0.15) is 11.4 Å². The maximum absolute atomic E-state index is 8.50. The Hall–Kier alpha value is -3.96. The van der Waals surface area contributed by atoms with Gasteiger partial charge in [-0.3, -0.25) is 10.8 Å². The van der Waals surface area contributed by atoms with E-state index in [-0.39, 0.29) is 34.0 Å². The summed E-state index contributed by atoms with van der Waals surface area (Å²) in [4.78, 5) is 0. The van der Waals surface area contributed by atoms with Crippen LogP contribution in [0, 0.1) is 10.8 Å². The van der Waals surface area contributed by atoms with Gasteiger partial charge in [0.2, 0.25) is 11.8 Å². The molecule has 1 aromatic rings. The van der Waals surface area contributed by atoms with E-state index in [0.29, 0.717) is 22.8 Å². The SMILES string of the molecule is CC(C)(C)NN=C1/C(=N\NC(C)(C)C)C(=N)O[C@H]1c1ccc([C@@H]2OC(=N)C(=N/NC(C)(C)C)/C2=N/NC(C)(C)C)cc1. The van der Waals surface area contributed by atoms with Crippen molar-refractivity contribution in [3.8, 4) is 0 Å². The predicted molar refractivity (Wildman–Crippen MR) is 171 cm³/mol. The second kappa shape index (κ2) is 11.7. The minimum absolute atomic E-state index is 0.0577. The summed E-state index contributed by atoms with van der Waals surface area (Å²) in [6.45, 7) is 24.0. The number of ether oxygens (including phenoxy) is 2. The van der Waals surface area contributed by atoms with Crippen molar-refractivity contribution in [2.45, 2.75) is 117 Å². The van der Waals surface area contributed by atoms with Crippen molar-refractivity contribution in [2.24, 2.45) is 20.4 Å². The standard InChI is InChI=1S/C30H48N10O2/c1-27(2,3)37-33-19-21(35-39-29(7,8)9)25(31)41-23(19)17-13-15-18(16-14-17)24-20(34-38-28(4,5)6)22(26(32)42-24)36-40-30(10,11)12/h13-16,23-24,31-32,37-40H,1-12H3/b31-25?,32-26?,33-19-,34-20?,35-21+,36-22+/t23-,24-/m0/s1. The van der Waals surface area contributed by atoms with Gasteiger partial charge in [-0.2, -0.15) is 20.4 Å². The highest BCUT2D eigenvalue weighted by atomic mass is 16.5. The van der Waals surface area contributed by atoms with Gasteiger partial charge in [-0.25, -0.2) is 0 Å². The van der Waals surface area contributed by atoms with E-state index in [2.05, 4.69) is 42.1 Å². The predicted octanol–water partition coefficient (Wildman–Crippen LogP) is 4.76. The molecule has 2 aliphatic rings. The number of rotatable bonds is 6. The molecule has 12 nitrogen and oxygen atoms in total. The fourth-order valence-electron chi connectivity index (χ4n) is 3.58. The van der Waals surface area contributed by atoms with E-state index in [4.69, 9.17) is 20.3 Å². The summed E-state index contributed by atoms with van der Waals surface area (Å²) in [7, 11) is 0. The summed E-state index contributed by atoms with van der Waals surface area (Å²) >= 11 is 0. The lowest BCUT2D eigenvalue weighted by atomic mass is 9.98. The van der Waals surface area contributed by atoms with E-state index < -0.39 is 12.2 Å². The number of hydrogen-bond acceptors (Lipinski definition) is 12. The van der Waals surface area contributed by atoms with Gasteiger partial charge in [0.25, 0.3) is 0 Å². The topological polar surface area (TPSA) is 164 Å². The molecule has 0 aromatic heterocycles. The van der Waals surface area contributed by atoms with Crippen LogP contribution in [-0.2, 0) is 9.47 Å². The molecule has 2 fully saturated rings. The zero-order chi connectivity index (χ0) is 31.7. The van der Waals surface area contributed by atoms with Crippen LogP contribution in [0.2, 0.25) is 0 Å². The van der Waals surface area contributed by atoms with Crippen molar-refractivity contribution < 1.29 is 9.47 Å². The molecule has 3 rings (SSSR count). The Morgan fingerprint density at radius 3 is 1.02 bits per heavy atom. The van der Waals surface area contributed by atoms with Crippen molar-refractivity contribution in [1.29, 1.82) is 10.8 Å². The molecule has 0 radical (unpaired) electrons. The Bertz CT molecular complexity index is 1200. The lowest BCUT2D eigenvalue weighted by Gasteiger charge is -2.21. The normalized spacial score (nSPS) is 23.9. The van der Waals surface area contributed by atoms with Crippen LogP contribution in [0.5, 0.6) is 0 Å². The highest BCUT2D eigenvalue weighted by molar-refractivity contribution is 6.70. The van der Waals surface area contributed by atoms with E-state index in [1.54, 1.807) is 0 Å². The first-order valence-corrected chi connectivity index (χ1v) is 14.1. The number of nitrogens with one attached hydrogen (secondary N) is 6. The van der Waals surface area contributed by atoms with Crippen molar-refractivity contribution in [3.63, 3.8) is 0 Å². The molecular formula is C30H48N10O2. The largest absolute Gasteiger partial charge is 0.461 e. The first-order valence-electron chi connectivity index (χ1n) is 14.1. The van der Waals surface area contributed by atoms with Crippen LogP contribution in [0.25, 0.3) is 0 Å². The average molecular weight is 581 g/mol. The van der Waals surface area contributed by atoms with Crippen LogP contribution in [-0.4, -0.2) is 56.8 Å². The zero-order valence-electron chi connectivity index (χ0n) is 27.1. The molecule has 2 saturated heterocycles. The van der Waals surface area contributed by atoms with Gasteiger partial charge >= 0.3 is 0 Å². The summed E-state index contributed by atoms with van der Waals surface area (Å²) in [5, 5.41) is 35.2. The molecule has 1 aromatic carbocycles. The van der Waals surface area contributed by atoms with Crippen LogP contribution in [0.3, 0.4) is 0 Å². The highest BCUT2D eigenvalue weighted by Crippen LogP contribution is 2.31. The molecule has 0 spiro atoms. The monoisotopic (exact) mass is 580 g/mol. The molecule has 12 heteroatoms. The summed E-state index contributed by atoms with van der Waals surface area (Å²) in [5.41, 5.74) is 14.6. The van der Waals surface area contributed by atoms with Crippen LogP contribution in [0.1, 0.15) is 106 Å². The summed E-state index contributed by atoms with van der Waals surface area (Å²) in [5.74, 6) is -0.115. The second-order valence-corrected chi connectivity index (χ2v) is 14.7. The van der Waals surface area contributed by atoms with Gasteiger partial charge in [0, 0.05) is 22.2 Å². The highest BCUT2D eigenvalue weighted by Gasteiger charge is 2.40. The van der Waals surface area contributed by atoms with Crippen LogP contribution in [0.4, 0.5) is 0 Å². The molecular weight excluding hydrogens is 532 g/mol. The van der Waals surface area contributed by atoms with E-state index in [1.165, 1.54) is 0 Å². The lowest BCUT2D eigenvalue weighted by molar-refractivity contribution is 0.269. The van der Waals surface area contributed by atoms with Gasteiger partial charge in [0.15, 0.2) is 23.6 Å².